The van der Waals surface area contributed by atoms with Crippen molar-refractivity contribution < 1.29 is 18.7 Å². The molecule has 2 rings (SSSR count). The van der Waals surface area contributed by atoms with Crippen molar-refractivity contribution in [1.82, 2.24) is 5.32 Å². The van der Waals surface area contributed by atoms with E-state index in [0.717, 1.165) is 18.4 Å². The van der Waals surface area contributed by atoms with Crippen LogP contribution in [0.4, 0.5) is 4.39 Å². The van der Waals surface area contributed by atoms with E-state index in [-0.39, 0.29) is 36.3 Å². The van der Waals surface area contributed by atoms with Crippen molar-refractivity contribution >= 4 is 11.9 Å². The molecule has 4 nitrogen and oxygen atoms in total. The minimum Gasteiger partial charge on any atom is -0.460 e. The molecular formula is C19H26FNO3. The molecule has 1 aromatic carbocycles. The zero-order chi connectivity index (χ0) is 17.8. The summed E-state index contributed by atoms with van der Waals surface area (Å²) in [7, 11) is 0. The third-order valence-electron chi connectivity index (χ3n) is 4.29. The Labute approximate surface area is 142 Å². The molecule has 0 radical (unpaired) electrons. The molecule has 0 bridgehead atoms. The number of carbonyl (C=O) groups excluding carboxylic acids is 2. The predicted molar refractivity (Wildman–Crippen MR) is 89.6 cm³/mol. The highest BCUT2D eigenvalue weighted by Gasteiger charge is 2.44. The molecule has 0 aromatic heterocycles. The van der Waals surface area contributed by atoms with E-state index in [1.165, 1.54) is 12.1 Å². The number of rotatable bonds is 5. The summed E-state index contributed by atoms with van der Waals surface area (Å²) in [5, 5.41) is 2.92. The number of ether oxygens (including phenoxy) is 1. The van der Waals surface area contributed by atoms with E-state index < -0.39 is 5.41 Å². The summed E-state index contributed by atoms with van der Waals surface area (Å²) in [6, 6.07) is 5.86. The van der Waals surface area contributed by atoms with Crippen LogP contribution in [0, 0.1) is 11.2 Å². The Morgan fingerprint density at radius 2 is 1.75 bits per heavy atom. The van der Waals surface area contributed by atoms with E-state index in [0.29, 0.717) is 12.8 Å². The number of benzene rings is 1. The van der Waals surface area contributed by atoms with Crippen LogP contribution in [0.3, 0.4) is 0 Å². The van der Waals surface area contributed by atoms with Gasteiger partial charge in [0.05, 0.1) is 5.41 Å². The van der Waals surface area contributed by atoms with Gasteiger partial charge >= 0.3 is 5.97 Å². The second kappa shape index (κ2) is 7.32. The highest BCUT2D eigenvalue weighted by molar-refractivity contribution is 5.86. The summed E-state index contributed by atoms with van der Waals surface area (Å²) in [5.41, 5.74) is -0.318. The zero-order valence-electron chi connectivity index (χ0n) is 14.7. The van der Waals surface area contributed by atoms with E-state index >= 15 is 0 Å². The molecule has 1 fully saturated rings. The first-order valence-corrected chi connectivity index (χ1v) is 8.43. The van der Waals surface area contributed by atoms with Crippen LogP contribution in [0.5, 0.6) is 0 Å². The summed E-state index contributed by atoms with van der Waals surface area (Å²) < 4.78 is 18.4. The molecule has 5 heteroatoms. The lowest BCUT2D eigenvalue weighted by Gasteiger charge is -2.28. The van der Waals surface area contributed by atoms with E-state index in [4.69, 9.17) is 4.74 Å². The fourth-order valence-electron chi connectivity index (χ4n) is 3.16. The fourth-order valence-corrected chi connectivity index (χ4v) is 3.16. The monoisotopic (exact) mass is 335 g/mol. The lowest BCUT2D eigenvalue weighted by atomic mass is 9.82. The van der Waals surface area contributed by atoms with Gasteiger partial charge < -0.3 is 10.1 Å². The van der Waals surface area contributed by atoms with Crippen LogP contribution in [0.2, 0.25) is 0 Å². The second-order valence-electron chi connectivity index (χ2n) is 7.66. The molecule has 1 aromatic rings. The molecule has 1 aliphatic rings. The molecule has 1 saturated carbocycles. The molecule has 0 unspecified atom stereocenters. The lowest BCUT2D eigenvalue weighted by molar-refractivity contribution is -0.159. The minimum absolute atomic E-state index is 0.0990. The van der Waals surface area contributed by atoms with E-state index in [9.17, 15) is 14.0 Å². The van der Waals surface area contributed by atoms with Crippen LogP contribution in [0.25, 0.3) is 0 Å². The number of amides is 1. The summed E-state index contributed by atoms with van der Waals surface area (Å²) in [6.45, 7) is 5.85. The number of halogens is 1. The molecule has 0 aliphatic heterocycles. The molecule has 1 N–H and O–H groups in total. The Morgan fingerprint density at radius 1 is 1.17 bits per heavy atom. The Morgan fingerprint density at radius 3 is 2.29 bits per heavy atom. The molecule has 24 heavy (non-hydrogen) atoms. The Balaban J connectivity index is 1.99. The van der Waals surface area contributed by atoms with Gasteiger partial charge in [0.15, 0.2) is 0 Å². The van der Waals surface area contributed by atoms with Crippen molar-refractivity contribution in [1.29, 1.82) is 0 Å². The second-order valence-corrected chi connectivity index (χ2v) is 7.66. The first-order valence-electron chi connectivity index (χ1n) is 8.43. The Hall–Kier alpha value is -1.91. The first kappa shape index (κ1) is 18.4. The van der Waals surface area contributed by atoms with Crippen molar-refractivity contribution in [2.45, 2.75) is 65.0 Å². The van der Waals surface area contributed by atoms with Crippen LogP contribution in [-0.2, 0) is 20.9 Å². The van der Waals surface area contributed by atoms with Crippen LogP contribution in [0.15, 0.2) is 24.3 Å². The third kappa shape index (κ3) is 5.05. The van der Waals surface area contributed by atoms with E-state index in [1.54, 1.807) is 12.1 Å². The quantitative estimate of drug-likeness (QED) is 0.834. The van der Waals surface area contributed by atoms with Crippen molar-refractivity contribution in [3.8, 4) is 0 Å². The van der Waals surface area contributed by atoms with Crippen LogP contribution < -0.4 is 5.32 Å². The standard InChI is InChI=1S/C19H26FNO3/c1-18(2,3)21-16(22)12-19(10-4-5-11-19)17(23)24-13-14-6-8-15(20)9-7-14/h6-9H,4-5,10-13H2,1-3H3,(H,21,22). The van der Waals surface area contributed by atoms with Gasteiger partial charge in [-0.25, -0.2) is 4.39 Å². The Kier molecular flexibility index (Phi) is 5.62. The third-order valence-corrected chi connectivity index (χ3v) is 4.29. The van der Waals surface area contributed by atoms with E-state index in [2.05, 4.69) is 5.32 Å². The molecule has 0 heterocycles. The number of carbonyl (C=O) groups is 2. The topological polar surface area (TPSA) is 55.4 Å². The van der Waals surface area contributed by atoms with Gasteiger partial charge in [-0.1, -0.05) is 25.0 Å². The van der Waals surface area contributed by atoms with Crippen molar-refractivity contribution in [3.63, 3.8) is 0 Å². The summed E-state index contributed by atoms with van der Waals surface area (Å²) in [4.78, 5) is 24.9. The van der Waals surface area contributed by atoms with Gasteiger partial charge in [0.1, 0.15) is 12.4 Å². The summed E-state index contributed by atoms with van der Waals surface area (Å²) in [5.74, 6) is -0.771. The van der Waals surface area contributed by atoms with E-state index in [1.807, 2.05) is 20.8 Å². The molecular weight excluding hydrogens is 309 g/mol. The zero-order valence-corrected chi connectivity index (χ0v) is 14.7. The molecule has 0 atom stereocenters. The van der Waals surface area contributed by atoms with Gasteiger partial charge in [0.25, 0.3) is 0 Å². The number of hydrogen-bond acceptors (Lipinski definition) is 3. The molecule has 1 amide bonds. The van der Waals surface area contributed by atoms with Gasteiger partial charge in [-0.2, -0.15) is 0 Å². The average Bonchev–Trinajstić information content (AvgIpc) is 2.94. The first-order chi connectivity index (χ1) is 11.2. The number of hydrogen-bond donors (Lipinski definition) is 1. The van der Waals surface area contributed by atoms with Crippen molar-refractivity contribution in [2.24, 2.45) is 5.41 Å². The summed E-state index contributed by atoms with van der Waals surface area (Å²) in [6.07, 6.45) is 3.36. The molecule has 0 spiro atoms. The van der Waals surface area contributed by atoms with Crippen LogP contribution >= 0.6 is 0 Å². The average molecular weight is 335 g/mol. The lowest BCUT2D eigenvalue weighted by Crippen LogP contribution is -2.44. The highest BCUT2D eigenvalue weighted by atomic mass is 19.1. The minimum atomic E-state index is -0.727. The van der Waals surface area contributed by atoms with Crippen molar-refractivity contribution in [3.05, 3.63) is 35.6 Å². The predicted octanol–water partition coefficient (Wildman–Crippen LogP) is 3.73. The van der Waals surface area contributed by atoms with Gasteiger partial charge in [0.2, 0.25) is 5.91 Å². The van der Waals surface area contributed by atoms with Crippen LogP contribution in [-0.4, -0.2) is 17.4 Å². The van der Waals surface area contributed by atoms with Gasteiger partial charge in [-0.15, -0.1) is 0 Å². The smallest absolute Gasteiger partial charge is 0.312 e. The van der Waals surface area contributed by atoms with Gasteiger partial charge in [-0.05, 0) is 51.3 Å². The molecule has 1 aliphatic carbocycles. The SMILES string of the molecule is CC(C)(C)NC(=O)CC1(C(=O)OCc2ccc(F)cc2)CCCC1. The van der Waals surface area contributed by atoms with Crippen molar-refractivity contribution in [2.75, 3.05) is 0 Å². The fraction of sp³-hybridized carbons (Fsp3) is 0.579. The number of nitrogens with one attached hydrogen (secondary N) is 1. The molecule has 132 valence electrons. The molecule has 0 saturated heterocycles. The maximum absolute atomic E-state index is 12.9. The Bertz CT molecular complexity index is 584. The van der Waals surface area contributed by atoms with Crippen LogP contribution in [0.1, 0.15) is 58.4 Å². The summed E-state index contributed by atoms with van der Waals surface area (Å²) >= 11 is 0. The highest BCUT2D eigenvalue weighted by Crippen LogP contribution is 2.42. The largest absolute Gasteiger partial charge is 0.460 e. The normalized spacial score (nSPS) is 16.7. The number of esters is 1. The van der Waals surface area contributed by atoms with Gasteiger partial charge in [-0.3, -0.25) is 9.59 Å². The maximum Gasteiger partial charge on any atom is 0.312 e. The maximum atomic E-state index is 12.9. The van der Waals surface area contributed by atoms with Gasteiger partial charge in [0, 0.05) is 12.0 Å².